The lowest BCUT2D eigenvalue weighted by Gasteiger charge is -2.27. The average Bonchev–Trinajstić information content (AvgIpc) is 2.83. The molecule has 3 heteroatoms. The maximum Gasteiger partial charge on any atom is 0.0314 e. The third-order valence-electron chi connectivity index (χ3n) is 4.15. The third kappa shape index (κ3) is 5.20. The van der Waals surface area contributed by atoms with Crippen LogP contribution in [0.3, 0.4) is 0 Å². The van der Waals surface area contributed by atoms with Gasteiger partial charge in [0, 0.05) is 15.4 Å². The Morgan fingerprint density at radius 2 is 2.16 bits per heavy atom. The van der Waals surface area contributed by atoms with Gasteiger partial charge >= 0.3 is 0 Å². The van der Waals surface area contributed by atoms with Crippen molar-refractivity contribution in [2.75, 3.05) is 6.54 Å². The summed E-state index contributed by atoms with van der Waals surface area (Å²) in [5.74, 6) is 0.960. The van der Waals surface area contributed by atoms with Crippen LogP contribution < -0.4 is 5.32 Å². The molecule has 0 amide bonds. The van der Waals surface area contributed by atoms with E-state index >= 15 is 0 Å². The SMILES string of the molecule is CCCNC(Cc1sccc1Br)CC1CCCCC1. The Bertz CT molecular complexity index is 357. The summed E-state index contributed by atoms with van der Waals surface area (Å²) in [6.45, 7) is 3.41. The highest BCUT2D eigenvalue weighted by Gasteiger charge is 2.19. The smallest absolute Gasteiger partial charge is 0.0314 e. The van der Waals surface area contributed by atoms with Crippen molar-refractivity contribution >= 4 is 27.3 Å². The number of thiophene rings is 1. The zero-order chi connectivity index (χ0) is 13.5. The van der Waals surface area contributed by atoms with E-state index in [1.807, 2.05) is 11.3 Å². The second-order valence-corrected chi connectivity index (χ2v) is 7.64. The molecule has 1 aliphatic carbocycles. The number of halogens is 1. The first-order valence-corrected chi connectivity index (χ1v) is 9.42. The molecule has 2 rings (SSSR count). The van der Waals surface area contributed by atoms with Crippen LogP contribution in [0, 0.1) is 5.92 Å². The molecular formula is C16H26BrNS. The Morgan fingerprint density at radius 1 is 1.37 bits per heavy atom. The largest absolute Gasteiger partial charge is 0.314 e. The standard InChI is InChI=1S/C16H26BrNS/c1-2-9-18-14(11-13-6-4-3-5-7-13)12-16-15(17)8-10-19-16/h8,10,13-14,18H,2-7,9,11-12H2,1H3. The van der Waals surface area contributed by atoms with Crippen LogP contribution >= 0.6 is 27.3 Å². The first kappa shape index (κ1) is 15.5. The number of rotatable bonds is 7. The predicted molar refractivity (Wildman–Crippen MR) is 89.0 cm³/mol. The monoisotopic (exact) mass is 343 g/mol. The van der Waals surface area contributed by atoms with Gasteiger partial charge in [-0.2, -0.15) is 0 Å². The van der Waals surface area contributed by atoms with Crippen molar-refractivity contribution < 1.29 is 0 Å². The minimum atomic E-state index is 0.665. The van der Waals surface area contributed by atoms with Crippen molar-refractivity contribution in [1.82, 2.24) is 5.32 Å². The van der Waals surface area contributed by atoms with Crippen LogP contribution in [0.4, 0.5) is 0 Å². The van der Waals surface area contributed by atoms with Gasteiger partial charge in [-0.15, -0.1) is 11.3 Å². The van der Waals surface area contributed by atoms with Gasteiger partial charge < -0.3 is 5.32 Å². The van der Waals surface area contributed by atoms with Gasteiger partial charge in [-0.25, -0.2) is 0 Å². The van der Waals surface area contributed by atoms with Crippen LogP contribution in [0.5, 0.6) is 0 Å². The molecule has 1 saturated carbocycles. The van der Waals surface area contributed by atoms with Crippen LogP contribution in [-0.4, -0.2) is 12.6 Å². The predicted octanol–water partition coefficient (Wildman–Crippen LogP) is 5.39. The maximum atomic E-state index is 3.77. The molecule has 0 aromatic carbocycles. The maximum absolute atomic E-state index is 3.77. The fourth-order valence-corrected chi connectivity index (χ4v) is 4.70. The lowest BCUT2D eigenvalue weighted by molar-refractivity contribution is 0.297. The van der Waals surface area contributed by atoms with E-state index in [1.165, 1.54) is 60.7 Å². The molecule has 1 aliphatic rings. The van der Waals surface area contributed by atoms with E-state index < -0.39 is 0 Å². The second kappa shape index (κ2) is 8.43. The third-order valence-corrected chi connectivity index (χ3v) is 6.10. The van der Waals surface area contributed by atoms with Crippen molar-refractivity contribution in [3.63, 3.8) is 0 Å². The molecule has 0 saturated heterocycles. The van der Waals surface area contributed by atoms with E-state index in [0.29, 0.717) is 6.04 Å². The van der Waals surface area contributed by atoms with Crippen molar-refractivity contribution in [3.8, 4) is 0 Å². The van der Waals surface area contributed by atoms with Crippen LogP contribution in [0.15, 0.2) is 15.9 Å². The fourth-order valence-electron chi connectivity index (χ4n) is 3.11. The van der Waals surface area contributed by atoms with Gasteiger partial charge in [-0.05, 0) is 59.1 Å². The summed E-state index contributed by atoms with van der Waals surface area (Å²) >= 11 is 5.56. The molecule has 1 nitrogen and oxygen atoms in total. The van der Waals surface area contributed by atoms with E-state index in [4.69, 9.17) is 0 Å². The summed E-state index contributed by atoms with van der Waals surface area (Å²) in [6.07, 6.45) is 11.1. The van der Waals surface area contributed by atoms with Gasteiger partial charge in [0.05, 0.1) is 0 Å². The van der Waals surface area contributed by atoms with Crippen molar-refractivity contribution in [1.29, 1.82) is 0 Å². The molecule has 1 fully saturated rings. The van der Waals surface area contributed by atoms with Crippen LogP contribution in [0.2, 0.25) is 0 Å². The molecule has 0 aliphatic heterocycles. The van der Waals surface area contributed by atoms with Gasteiger partial charge in [-0.1, -0.05) is 39.0 Å². The van der Waals surface area contributed by atoms with Gasteiger partial charge in [0.25, 0.3) is 0 Å². The van der Waals surface area contributed by atoms with Crippen LogP contribution in [-0.2, 0) is 6.42 Å². The molecule has 19 heavy (non-hydrogen) atoms. The highest BCUT2D eigenvalue weighted by Crippen LogP contribution is 2.30. The summed E-state index contributed by atoms with van der Waals surface area (Å²) in [4.78, 5) is 1.50. The molecule has 108 valence electrons. The van der Waals surface area contributed by atoms with E-state index in [0.717, 1.165) is 12.5 Å². The summed E-state index contributed by atoms with van der Waals surface area (Å²) in [7, 11) is 0. The molecule has 1 N–H and O–H groups in total. The first-order valence-electron chi connectivity index (χ1n) is 7.74. The number of hydrogen-bond acceptors (Lipinski definition) is 2. The summed E-state index contributed by atoms with van der Waals surface area (Å²) in [6, 6.07) is 2.84. The summed E-state index contributed by atoms with van der Waals surface area (Å²) in [5.41, 5.74) is 0. The Balaban J connectivity index is 1.88. The second-order valence-electron chi connectivity index (χ2n) is 5.79. The molecule has 1 heterocycles. The van der Waals surface area contributed by atoms with Crippen LogP contribution in [0.25, 0.3) is 0 Å². The molecule has 1 unspecified atom stereocenters. The number of nitrogens with one attached hydrogen (secondary N) is 1. The van der Waals surface area contributed by atoms with Gasteiger partial charge in [-0.3, -0.25) is 0 Å². The Kier molecular flexibility index (Phi) is 6.89. The Labute approximate surface area is 130 Å². The minimum Gasteiger partial charge on any atom is -0.314 e. The average molecular weight is 344 g/mol. The Morgan fingerprint density at radius 3 is 2.79 bits per heavy atom. The van der Waals surface area contributed by atoms with E-state index in [2.05, 4.69) is 39.6 Å². The van der Waals surface area contributed by atoms with Crippen molar-refractivity contribution in [2.24, 2.45) is 5.92 Å². The molecule has 0 bridgehead atoms. The van der Waals surface area contributed by atoms with Gasteiger partial charge in [0.15, 0.2) is 0 Å². The van der Waals surface area contributed by atoms with Gasteiger partial charge in [0.1, 0.15) is 0 Å². The fraction of sp³-hybridized carbons (Fsp3) is 0.750. The molecule has 1 atom stereocenters. The lowest BCUT2D eigenvalue weighted by atomic mass is 9.84. The van der Waals surface area contributed by atoms with E-state index in [-0.39, 0.29) is 0 Å². The van der Waals surface area contributed by atoms with Crippen LogP contribution in [0.1, 0.15) is 56.7 Å². The molecule has 1 aromatic heterocycles. The topological polar surface area (TPSA) is 12.0 Å². The van der Waals surface area contributed by atoms with Crippen molar-refractivity contribution in [3.05, 3.63) is 20.8 Å². The minimum absolute atomic E-state index is 0.665. The van der Waals surface area contributed by atoms with E-state index in [9.17, 15) is 0 Å². The molecule has 0 spiro atoms. The highest BCUT2D eigenvalue weighted by atomic mass is 79.9. The Hall–Kier alpha value is 0.140. The summed E-state index contributed by atoms with van der Waals surface area (Å²) in [5, 5.41) is 5.96. The van der Waals surface area contributed by atoms with Gasteiger partial charge in [0.2, 0.25) is 0 Å². The zero-order valence-corrected chi connectivity index (χ0v) is 14.4. The summed E-state index contributed by atoms with van der Waals surface area (Å²) < 4.78 is 1.30. The molecule has 0 radical (unpaired) electrons. The van der Waals surface area contributed by atoms with E-state index in [1.54, 1.807) is 0 Å². The van der Waals surface area contributed by atoms with Crippen molar-refractivity contribution in [2.45, 2.75) is 64.3 Å². The molecule has 1 aromatic rings. The quantitative estimate of drug-likeness (QED) is 0.699. The first-order chi connectivity index (χ1) is 9.29. The lowest BCUT2D eigenvalue weighted by Crippen LogP contribution is -2.34. The zero-order valence-electron chi connectivity index (χ0n) is 12.0. The molecular weight excluding hydrogens is 318 g/mol. The normalized spacial score (nSPS) is 18.6. The number of hydrogen-bond donors (Lipinski definition) is 1. The highest BCUT2D eigenvalue weighted by molar-refractivity contribution is 9.10.